The lowest BCUT2D eigenvalue weighted by Crippen LogP contribution is -2.31. The molecule has 1 rings (SSSR count). The first-order valence-corrected chi connectivity index (χ1v) is 8.75. The minimum absolute atomic E-state index is 0.0174. The zero-order chi connectivity index (χ0) is 19.0. The third kappa shape index (κ3) is 9.27. The van der Waals surface area contributed by atoms with Gasteiger partial charge in [0.25, 0.3) is 0 Å². The maximum Gasteiger partial charge on any atom is 0.573 e. The third-order valence-corrected chi connectivity index (χ3v) is 5.02. The highest BCUT2D eigenvalue weighted by molar-refractivity contribution is 7.85. The van der Waals surface area contributed by atoms with Crippen molar-refractivity contribution in [3.05, 3.63) is 29.8 Å². The summed E-state index contributed by atoms with van der Waals surface area (Å²) in [6.45, 7) is 0.252. The van der Waals surface area contributed by atoms with E-state index in [-0.39, 0.29) is 28.8 Å². The Morgan fingerprint density at radius 1 is 1.24 bits per heavy atom. The second-order valence-corrected chi connectivity index (χ2v) is 7.00. The first kappa shape index (κ1) is 22.0. The van der Waals surface area contributed by atoms with Crippen LogP contribution in [-0.2, 0) is 11.3 Å². The summed E-state index contributed by atoms with van der Waals surface area (Å²) in [5.74, 6) is -0.402. The van der Waals surface area contributed by atoms with Crippen LogP contribution in [0.25, 0.3) is 0 Å². The van der Waals surface area contributed by atoms with Gasteiger partial charge in [0, 0.05) is 18.2 Å². The number of alkyl halides is 3. The summed E-state index contributed by atoms with van der Waals surface area (Å²) in [5, 5.41) is 2.82. The first-order chi connectivity index (χ1) is 11.6. The van der Waals surface area contributed by atoms with E-state index in [2.05, 4.69) is 35.3 Å². The van der Waals surface area contributed by atoms with Crippen LogP contribution in [0.4, 0.5) is 13.2 Å². The fourth-order valence-corrected chi connectivity index (χ4v) is 2.66. The van der Waals surface area contributed by atoms with Crippen LogP contribution in [0.15, 0.2) is 24.3 Å². The predicted octanol–water partition coefficient (Wildman–Crippen LogP) is 3.49. The number of carbonyl (C=O) groups is 1. The van der Waals surface area contributed by atoms with Gasteiger partial charge >= 0.3 is 6.36 Å². The molecule has 0 spiro atoms. The smallest absolute Gasteiger partial charge is 0.406 e. The molecule has 0 fully saturated rings. The quantitative estimate of drug-likeness (QED) is 0.442. The summed E-state index contributed by atoms with van der Waals surface area (Å²) in [4.78, 5) is 13.8. The monoisotopic (exact) mass is 396 g/mol. The van der Waals surface area contributed by atoms with Gasteiger partial charge in [-0.05, 0) is 44.6 Å². The fourth-order valence-electron chi connectivity index (χ4n) is 2.06. The Kier molecular flexibility index (Phi) is 8.95. The Morgan fingerprint density at radius 2 is 1.84 bits per heavy atom. The number of carbonyl (C=O) groups excluding carboxylic acids is 1. The van der Waals surface area contributed by atoms with Gasteiger partial charge < -0.3 is 10.1 Å². The Balaban J connectivity index is 2.30. The van der Waals surface area contributed by atoms with Gasteiger partial charge in [-0.3, -0.25) is 9.69 Å². The van der Waals surface area contributed by atoms with Crippen LogP contribution in [0.1, 0.15) is 24.8 Å². The number of thiol groups is 2. The number of nitrogens with zero attached hydrogens (tertiary/aromatic N) is 1. The van der Waals surface area contributed by atoms with E-state index in [1.807, 2.05) is 19.0 Å². The van der Waals surface area contributed by atoms with Crippen LogP contribution in [0.2, 0.25) is 0 Å². The molecule has 1 N–H and O–H groups in total. The molecule has 0 saturated heterocycles. The van der Waals surface area contributed by atoms with Gasteiger partial charge in [-0.1, -0.05) is 12.1 Å². The molecule has 0 bridgehead atoms. The van der Waals surface area contributed by atoms with Crippen LogP contribution < -0.4 is 10.1 Å². The number of hydrogen-bond donors (Lipinski definition) is 3. The first-order valence-electron chi connectivity index (χ1n) is 7.72. The average molecular weight is 396 g/mol. The van der Waals surface area contributed by atoms with E-state index in [0.717, 1.165) is 6.42 Å². The van der Waals surface area contributed by atoms with E-state index in [1.54, 1.807) is 0 Å². The molecular weight excluding hydrogens is 373 g/mol. The third-order valence-electron chi connectivity index (χ3n) is 3.42. The van der Waals surface area contributed by atoms with E-state index >= 15 is 0 Å². The topological polar surface area (TPSA) is 41.6 Å². The number of benzene rings is 1. The molecule has 0 aliphatic carbocycles. The van der Waals surface area contributed by atoms with E-state index in [1.165, 1.54) is 24.3 Å². The van der Waals surface area contributed by atoms with E-state index in [9.17, 15) is 18.0 Å². The Bertz CT molecular complexity index is 539. The van der Waals surface area contributed by atoms with E-state index in [4.69, 9.17) is 0 Å². The summed E-state index contributed by atoms with van der Waals surface area (Å²) in [7, 11) is 3.83. The van der Waals surface area contributed by atoms with Gasteiger partial charge in [0.1, 0.15) is 5.75 Å². The zero-order valence-electron chi connectivity index (χ0n) is 14.1. The normalized spacial score (nSPS) is 14.2. The molecule has 0 heterocycles. The second-order valence-electron chi connectivity index (χ2n) is 5.81. The maximum absolute atomic E-state index is 12.1. The molecule has 1 amide bonds. The van der Waals surface area contributed by atoms with Crippen molar-refractivity contribution in [1.82, 2.24) is 10.2 Å². The molecule has 9 heteroatoms. The van der Waals surface area contributed by atoms with Crippen molar-refractivity contribution in [1.29, 1.82) is 0 Å². The van der Waals surface area contributed by atoms with Crippen molar-refractivity contribution in [2.45, 2.75) is 42.8 Å². The largest absolute Gasteiger partial charge is 0.573 e. The van der Waals surface area contributed by atoms with Gasteiger partial charge in [-0.15, -0.1) is 13.2 Å². The van der Waals surface area contributed by atoms with Crippen LogP contribution in [-0.4, -0.2) is 41.9 Å². The highest BCUT2D eigenvalue weighted by Crippen LogP contribution is 2.22. The molecule has 4 nitrogen and oxygen atoms in total. The second kappa shape index (κ2) is 10.2. The lowest BCUT2D eigenvalue weighted by Gasteiger charge is -2.24. The zero-order valence-corrected chi connectivity index (χ0v) is 15.9. The van der Waals surface area contributed by atoms with Crippen molar-refractivity contribution in [3.63, 3.8) is 0 Å². The highest BCUT2D eigenvalue weighted by Gasteiger charge is 2.30. The van der Waals surface area contributed by atoms with Gasteiger partial charge in [0.15, 0.2) is 0 Å². The minimum atomic E-state index is -4.71. The van der Waals surface area contributed by atoms with Gasteiger partial charge in [-0.25, -0.2) is 0 Å². The van der Waals surface area contributed by atoms with Crippen molar-refractivity contribution in [2.75, 3.05) is 14.1 Å². The van der Waals surface area contributed by atoms with Crippen LogP contribution in [0.5, 0.6) is 5.75 Å². The molecule has 25 heavy (non-hydrogen) atoms. The Morgan fingerprint density at radius 3 is 2.36 bits per heavy atom. The standard InChI is InChI=1S/C16H23F3N2O2S2/c1-21(2)15(25)13(24)4-3-5-14(22)20-10-11-6-8-12(9-7-11)23-16(17,18)19/h6-9,13,15,24-25H,3-5,10H2,1-2H3,(H,20,22). The van der Waals surface area contributed by atoms with Crippen LogP contribution in [0.3, 0.4) is 0 Å². The average Bonchev–Trinajstić information content (AvgIpc) is 2.51. The number of hydrogen-bond acceptors (Lipinski definition) is 5. The number of ether oxygens (including phenoxy) is 1. The molecule has 2 atom stereocenters. The molecule has 0 radical (unpaired) electrons. The van der Waals surface area contributed by atoms with Gasteiger partial charge in [0.05, 0.1) is 5.37 Å². The van der Waals surface area contributed by atoms with E-state index in [0.29, 0.717) is 18.4 Å². The summed E-state index contributed by atoms with van der Waals surface area (Å²) in [5.41, 5.74) is 0.693. The molecule has 0 saturated carbocycles. The summed E-state index contributed by atoms with van der Waals surface area (Å²) in [6.07, 6.45) is -2.91. The molecular formula is C16H23F3N2O2S2. The fraction of sp³-hybridized carbons (Fsp3) is 0.562. The molecule has 0 aliphatic rings. The van der Waals surface area contributed by atoms with Crippen molar-refractivity contribution in [2.24, 2.45) is 0 Å². The van der Waals surface area contributed by atoms with Crippen LogP contribution in [0, 0.1) is 0 Å². The lowest BCUT2D eigenvalue weighted by atomic mass is 10.1. The predicted molar refractivity (Wildman–Crippen MR) is 98.1 cm³/mol. The summed E-state index contributed by atoms with van der Waals surface area (Å²) >= 11 is 8.91. The molecule has 0 aliphatic heterocycles. The summed E-state index contributed by atoms with van der Waals surface area (Å²) < 4.78 is 40.0. The molecule has 2 unspecified atom stereocenters. The molecule has 142 valence electrons. The molecule has 0 aromatic heterocycles. The van der Waals surface area contributed by atoms with Gasteiger partial charge in [-0.2, -0.15) is 25.3 Å². The molecule has 1 aromatic carbocycles. The van der Waals surface area contributed by atoms with Crippen LogP contribution >= 0.6 is 25.3 Å². The lowest BCUT2D eigenvalue weighted by molar-refractivity contribution is -0.274. The Hall–Kier alpha value is -1.06. The number of nitrogens with one attached hydrogen (secondary N) is 1. The number of rotatable bonds is 9. The van der Waals surface area contributed by atoms with Crippen molar-refractivity contribution >= 4 is 31.2 Å². The molecule has 1 aromatic rings. The van der Waals surface area contributed by atoms with Crippen molar-refractivity contribution in [3.8, 4) is 5.75 Å². The van der Waals surface area contributed by atoms with Crippen molar-refractivity contribution < 1.29 is 22.7 Å². The Labute approximate surface area is 156 Å². The maximum atomic E-state index is 12.1. The highest BCUT2D eigenvalue weighted by atomic mass is 32.1. The SMILES string of the molecule is CN(C)C(S)C(S)CCCC(=O)NCc1ccc(OC(F)(F)F)cc1. The minimum Gasteiger partial charge on any atom is -0.406 e. The van der Waals surface area contributed by atoms with E-state index < -0.39 is 6.36 Å². The number of amides is 1. The summed E-state index contributed by atoms with van der Waals surface area (Å²) in [6, 6.07) is 5.39. The number of halogens is 3. The van der Waals surface area contributed by atoms with Gasteiger partial charge in [0.2, 0.25) is 5.91 Å².